The van der Waals surface area contributed by atoms with Crippen LogP contribution in [0.4, 0.5) is 13.2 Å². The molecule has 0 atom stereocenters. The van der Waals surface area contributed by atoms with E-state index in [0.717, 1.165) is 16.9 Å². The van der Waals surface area contributed by atoms with Gasteiger partial charge in [0.05, 0.1) is 4.88 Å². The van der Waals surface area contributed by atoms with E-state index in [1.165, 1.54) is 12.1 Å². The Morgan fingerprint density at radius 1 is 0.833 bits per heavy atom. The molecule has 0 fully saturated rings. The largest absolute Gasteiger partial charge is 0.457 e. The zero-order valence-corrected chi connectivity index (χ0v) is 13.0. The predicted molar refractivity (Wildman–Crippen MR) is 86.7 cm³/mol. The Labute approximate surface area is 140 Å². The lowest BCUT2D eigenvalue weighted by Crippen LogP contribution is -2.21. The van der Waals surface area contributed by atoms with Gasteiger partial charge in [-0.15, -0.1) is 11.3 Å². The molecule has 2 nitrogen and oxygen atoms in total. The summed E-state index contributed by atoms with van der Waals surface area (Å²) < 4.78 is 43.0. The van der Waals surface area contributed by atoms with Crippen molar-refractivity contribution in [1.82, 2.24) is 0 Å². The molecule has 0 unspecified atom stereocenters. The first-order chi connectivity index (χ1) is 11.4. The number of rotatable bonds is 4. The lowest BCUT2D eigenvalue weighted by atomic mass is 10.2. The molecule has 0 radical (unpaired) electrons. The van der Waals surface area contributed by atoms with E-state index in [0.29, 0.717) is 16.4 Å². The molecule has 122 valence electrons. The summed E-state index contributed by atoms with van der Waals surface area (Å²) in [4.78, 5) is 11.5. The molecular weight excluding hydrogens is 337 g/mol. The van der Waals surface area contributed by atoms with E-state index in [4.69, 9.17) is 4.74 Å². The van der Waals surface area contributed by atoms with Gasteiger partial charge in [0, 0.05) is 4.88 Å². The minimum absolute atomic E-state index is 0.317. The molecule has 0 aliphatic heterocycles. The average molecular weight is 348 g/mol. The van der Waals surface area contributed by atoms with Crippen molar-refractivity contribution >= 4 is 17.1 Å². The lowest BCUT2D eigenvalue weighted by molar-refractivity contribution is -0.0882. The summed E-state index contributed by atoms with van der Waals surface area (Å²) in [5, 5.41) is 0. The molecule has 0 amide bonds. The van der Waals surface area contributed by atoms with Crippen LogP contribution in [0.25, 0.3) is 10.4 Å². The van der Waals surface area contributed by atoms with Crippen molar-refractivity contribution in [3.8, 4) is 21.9 Å². The van der Waals surface area contributed by atoms with Crippen LogP contribution in [0.1, 0.15) is 9.67 Å². The summed E-state index contributed by atoms with van der Waals surface area (Å²) in [5.41, 5.74) is 0.724. The number of carbonyl (C=O) groups is 1. The fourth-order valence-corrected chi connectivity index (χ4v) is 3.04. The molecule has 0 N–H and O–H groups in total. The van der Waals surface area contributed by atoms with Crippen LogP contribution < -0.4 is 4.74 Å². The van der Waals surface area contributed by atoms with Gasteiger partial charge in [0.2, 0.25) is 0 Å². The number of ether oxygens (including phenoxy) is 1. The van der Waals surface area contributed by atoms with E-state index >= 15 is 0 Å². The normalized spacial score (nSPS) is 11.3. The maximum Gasteiger partial charge on any atom is 0.455 e. The highest BCUT2D eigenvalue weighted by molar-refractivity contribution is 7.17. The number of thiophene rings is 1. The number of para-hydroxylation sites is 1. The second-order valence-corrected chi connectivity index (χ2v) is 6.01. The van der Waals surface area contributed by atoms with Crippen molar-refractivity contribution in [2.24, 2.45) is 0 Å². The number of benzene rings is 2. The Hall–Kier alpha value is -2.60. The van der Waals surface area contributed by atoms with Crippen LogP contribution in [-0.2, 0) is 0 Å². The summed E-state index contributed by atoms with van der Waals surface area (Å²) in [7, 11) is 0. The molecule has 3 rings (SSSR count). The molecule has 1 aromatic heterocycles. The zero-order chi connectivity index (χ0) is 17.2. The third-order valence-electron chi connectivity index (χ3n) is 3.20. The van der Waals surface area contributed by atoms with Gasteiger partial charge in [-0.1, -0.05) is 18.2 Å². The fraction of sp³-hybridized carbons (Fsp3) is 0.0556. The Kier molecular flexibility index (Phi) is 4.40. The topological polar surface area (TPSA) is 26.3 Å². The molecule has 0 saturated carbocycles. The molecule has 0 saturated heterocycles. The SMILES string of the molecule is O=C(c1ccc(-c2ccc(Oc3ccccc3)cc2)s1)C(F)(F)F. The highest BCUT2D eigenvalue weighted by atomic mass is 32.1. The predicted octanol–water partition coefficient (Wildman–Crippen LogP) is 5.95. The molecular formula is C18H11F3O2S. The highest BCUT2D eigenvalue weighted by Gasteiger charge is 2.40. The van der Waals surface area contributed by atoms with Gasteiger partial charge in [-0.05, 0) is 54.1 Å². The van der Waals surface area contributed by atoms with E-state index in [1.807, 2.05) is 30.3 Å². The number of Topliss-reactive ketones (excluding diaryl/α,β-unsaturated/α-hetero) is 1. The lowest BCUT2D eigenvalue weighted by Gasteiger charge is -2.06. The maximum atomic E-state index is 12.4. The molecule has 24 heavy (non-hydrogen) atoms. The number of halogens is 3. The van der Waals surface area contributed by atoms with Crippen LogP contribution in [0.2, 0.25) is 0 Å². The number of hydrogen-bond donors (Lipinski definition) is 0. The Bertz CT molecular complexity index is 837. The van der Waals surface area contributed by atoms with Gasteiger partial charge in [0.1, 0.15) is 11.5 Å². The molecule has 3 aromatic rings. The van der Waals surface area contributed by atoms with Gasteiger partial charge in [-0.2, -0.15) is 13.2 Å². The van der Waals surface area contributed by atoms with Crippen LogP contribution in [0.3, 0.4) is 0 Å². The quantitative estimate of drug-likeness (QED) is 0.544. The minimum Gasteiger partial charge on any atom is -0.457 e. The molecule has 6 heteroatoms. The van der Waals surface area contributed by atoms with E-state index in [9.17, 15) is 18.0 Å². The van der Waals surface area contributed by atoms with Gasteiger partial charge >= 0.3 is 6.18 Å². The van der Waals surface area contributed by atoms with E-state index in [-0.39, 0.29) is 4.88 Å². The zero-order valence-electron chi connectivity index (χ0n) is 12.2. The molecule has 0 aliphatic rings. The first-order valence-electron chi connectivity index (χ1n) is 6.98. The van der Waals surface area contributed by atoms with Gasteiger partial charge in [0.25, 0.3) is 5.78 Å². The van der Waals surface area contributed by atoms with Gasteiger partial charge in [-0.3, -0.25) is 4.79 Å². The monoisotopic (exact) mass is 348 g/mol. The van der Waals surface area contributed by atoms with Crippen molar-refractivity contribution in [2.45, 2.75) is 6.18 Å². The highest BCUT2D eigenvalue weighted by Crippen LogP contribution is 2.33. The van der Waals surface area contributed by atoms with Crippen molar-refractivity contribution in [3.05, 3.63) is 71.6 Å². The molecule has 2 aromatic carbocycles. The Morgan fingerprint density at radius 3 is 2.08 bits per heavy atom. The van der Waals surface area contributed by atoms with Gasteiger partial charge in [-0.25, -0.2) is 0 Å². The molecule has 0 bridgehead atoms. The number of hydrogen-bond acceptors (Lipinski definition) is 3. The molecule has 1 heterocycles. The average Bonchev–Trinajstić information content (AvgIpc) is 3.05. The third kappa shape index (κ3) is 3.65. The van der Waals surface area contributed by atoms with Crippen LogP contribution in [0, 0.1) is 0 Å². The minimum atomic E-state index is -4.85. The summed E-state index contributed by atoms with van der Waals surface area (Å²) in [6.45, 7) is 0. The number of alkyl halides is 3. The van der Waals surface area contributed by atoms with Crippen LogP contribution >= 0.6 is 11.3 Å². The van der Waals surface area contributed by atoms with E-state index in [2.05, 4.69) is 0 Å². The number of carbonyl (C=O) groups excluding carboxylic acids is 1. The first-order valence-corrected chi connectivity index (χ1v) is 7.80. The van der Waals surface area contributed by atoms with Crippen LogP contribution in [0.15, 0.2) is 66.7 Å². The first kappa shape index (κ1) is 16.3. The molecule has 0 aliphatic carbocycles. The van der Waals surface area contributed by atoms with E-state index < -0.39 is 12.0 Å². The summed E-state index contributed by atoms with van der Waals surface area (Å²) in [6.07, 6.45) is -4.85. The maximum absolute atomic E-state index is 12.4. The summed E-state index contributed by atoms with van der Waals surface area (Å²) in [6, 6.07) is 18.9. The smallest absolute Gasteiger partial charge is 0.455 e. The summed E-state index contributed by atoms with van der Waals surface area (Å²) >= 11 is 0.820. The van der Waals surface area contributed by atoms with Gasteiger partial charge < -0.3 is 4.74 Å². The third-order valence-corrected chi connectivity index (χ3v) is 4.34. The Balaban J connectivity index is 1.77. The van der Waals surface area contributed by atoms with Crippen LogP contribution in [0.5, 0.6) is 11.5 Å². The molecule has 0 spiro atoms. The van der Waals surface area contributed by atoms with Crippen molar-refractivity contribution in [1.29, 1.82) is 0 Å². The second-order valence-electron chi connectivity index (χ2n) is 4.93. The van der Waals surface area contributed by atoms with Crippen molar-refractivity contribution < 1.29 is 22.7 Å². The Morgan fingerprint density at radius 2 is 1.46 bits per heavy atom. The standard InChI is InChI=1S/C18H11F3O2S/c19-18(20,21)17(22)16-11-10-15(24-16)12-6-8-14(9-7-12)23-13-4-2-1-3-5-13/h1-11H. The van der Waals surface area contributed by atoms with E-state index in [1.54, 1.807) is 24.3 Å². The number of ketones is 1. The second kappa shape index (κ2) is 6.49. The van der Waals surface area contributed by atoms with Crippen LogP contribution in [-0.4, -0.2) is 12.0 Å². The van der Waals surface area contributed by atoms with Crippen molar-refractivity contribution in [3.63, 3.8) is 0 Å². The fourth-order valence-electron chi connectivity index (χ4n) is 2.07. The summed E-state index contributed by atoms with van der Waals surface area (Å²) in [5.74, 6) is -0.504. The van der Waals surface area contributed by atoms with Gasteiger partial charge in [0.15, 0.2) is 0 Å². The van der Waals surface area contributed by atoms with Crippen molar-refractivity contribution in [2.75, 3.05) is 0 Å².